The lowest BCUT2D eigenvalue weighted by molar-refractivity contribution is -0.385. The van der Waals surface area contributed by atoms with Crippen molar-refractivity contribution in [3.8, 4) is 0 Å². The summed E-state index contributed by atoms with van der Waals surface area (Å²) in [5.74, 6) is -1.24. The van der Waals surface area contributed by atoms with Gasteiger partial charge in [0, 0.05) is 36.3 Å². The quantitative estimate of drug-likeness (QED) is 0.528. The molecule has 0 aromatic heterocycles. The van der Waals surface area contributed by atoms with Crippen molar-refractivity contribution < 1.29 is 14.1 Å². The summed E-state index contributed by atoms with van der Waals surface area (Å²) >= 11 is 5.90. The smallest absolute Gasteiger partial charge is 0.276 e. The van der Waals surface area contributed by atoms with Crippen LogP contribution in [-0.4, -0.2) is 47.8 Å². The predicted molar refractivity (Wildman–Crippen MR) is 103 cm³/mol. The van der Waals surface area contributed by atoms with Crippen LogP contribution in [-0.2, 0) is 6.54 Å². The maximum atomic E-state index is 14.1. The molecule has 2 aromatic rings. The number of hydrogen-bond acceptors (Lipinski definition) is 4. The van der Waals surface area contributed by atoms with E-state index < -0.39 is 22.3 Å². The topological polar surface area (TPSA) is 66.7 Å². The SMILES string of the molecule is Cc1c(F)cc(C(=O)N(CCN(C)C)Cc2ccc(Cl)cc2)cc1[N+](=O)[O-]. The molecule has 0 atom stereocenters. The van der Waals surface area contributed by atoms with E-state index in [1.54, 1.807) is 24.3 Å². The highest BCUT2D eigenvalue weighted by molar-refractivity contribution is 6.30. The van der Waals surface area contributed by atoms with Gasteiger partial charge in [-0.15, -0.1) is 0 Å². The maximum Gasteiger partial charge on any atom is 0.276 e. The summed E-state index contributed by atoms with van der Waals surface area (Å²) in [7, 11) is 3.75. The number of benzene rings is 2. The molecule has 0 aliphatic heterocycles. The Morgan fingerprint density at radius 1 is 1.19 bits per heavy atom. The van der Waals surface area contributed by atoms with Crippen molar-refractivity contribution in [1.29, 1.82) is 0 Å². The Labute approximate surface area is 162 Å². The summed E-state index contributed by atoms with van der Waals surface area (Å²) in [4.78, 5) is 26.9. The van der Waals surface area contributed by atoms with Gasteiger partial charge in [0.15, 0.2) is 0 Å². The molecule has 0 spiro atoms. The number of amides is 1. The van der Waals surface area contributed by atoms with Crippen LogP contribution in [0.4, 0.5) is 10.1 Å². The Balaban J connectivity index is 2.35. The van der Waals surface area contributed by atoms with Gasteiger partial charge >= 0.3 is 0 Å². The number of rotatable bonds is 7. The third-order valence-electron chi connectivity index (χ3n) is 4.15. The molecule has 8 heteroatoms. The molecule has 0 bridgehead atoms. The first-order valence-electron chi connectivity index (χ1n) is 8.32. The summed E-state index contributed by atoms with van der Waals surface area (Å²) < 4.78 is 14.1. The summed E-state index contributed by atoms with van der Waals surface area (Å²) in [5.41, 5.74) is 0.317. The van der Waals surface area contributed by atoms with E-state index >= 15 is 0 Å². The van der Waals surface area contributed by atoms with E-state index in [1.807, 2.05) is 19.0 Å². The molecule has 0 radical (unpaired) electrons. The Morgan fingerprint density at radius 3 is 2.37 bits per heavy atom. The number of likely N-dealkylation sites (N-methyl/N-ethyl adjacent to an activating group) is 1. The minimum Gasteiger partial charge on any atom is -0.333 e. The monoisotopic (exact) mass is 393 g/mol. The van der Waals surface area contributed by atoms with E-state index in [0.717, 1.165) is 17.7 Å². The van der Waals surface area contributed by atoms with Crippen molar-refractivity contribution >= 4 is 23.2 Å². The molecule has 144 valence electrons. The first-order valence-corrected chi connectivity index (χ1v) is 8.70. The molecule has 2 rings (SSSR count). The lowest BCUT2D eigenvalue weighted by atomic mass is 10.1. The fourth-order valence-electron chi connectivity index (χ4n) is 2.54. The number of carbonyl (C=O) groups is 1. The summed E-state index contributed by atoms with van der Waals surface area (Å²) in [5, 5.41) is 11.7. The van der Waals surface area contributed by atoms with Gasteiger partial charge in [0.1, 0.15) is 5.82 Å². The summed E-state index contributed by atoms with van der Waals surface area (Å²) in [6, 6.07) is 9.23. The largest absolute Gasteiger partial charge is 0.333 e. The maximum absolute atomic E-state index is 14.1. The van der Waals surface area contributed by atoms with E-state index in [2.05, 4.69) is 0 Å². The minimum atomic E-state index is -0.772. The third-order valence-corrected chi connectivity index (χ3v) is 4.40. The molecular weight excluding hydrogens is 373 g/mol. The van der Waals surface area contributed by atoms with Crippen molar-refractivity contribution in [3.05, 3.63) is 74.0 Å². The Morgan fingerprint density at radius 2 is 1.81 bits per heavy atom. The van der Waals surface area contributed by atoms with Crippen LogP contribution in [0.2, 0.25) is 5.02 Å². The molecule has 0 aliphatic carbocycles. The van der Waals surface area contributed by atoms with Crippen molar-refractivity contribution in [3.63, 3.8) is 0 Å². The van der Waals surface area contributed by atoms with E-state index in [0.29, 0.717) is 18.1 Å². The molecule has 0 heterocycles. The van der Waals surface area contributed by atoms with E-state index in [4.69, 9.17) is 11.6 Å². The molecule has 0 aliphatic rings. The first-order chi connectivity index (χ1) is 12.7. The average Bonchev–Trinajstić information content (AvgIpc) is 2.61. The number of halogens is 2. The second kappa shape index (κ2) is 8.92. The molecule has 1 amide bonds. The van der Waals surface area contributed by atoms with Crippen molar-refractivity contribution in [2.75, 3.05) is 27.2 Å². The van der Waals surface area contributed by atoms with Crippen LogP contribution in [0.5, 0.6) is 0 Å². The standard InChI is InChI=1S/C19H21ClFN3O3/c1-13-17(21)10-15(11-18(13)24(26)27)19(25)23(9-8-22(2)3)12-14-4-6-16(20)7-5-14/h4-7,10-11H,8-9,12H2,1-3H3. The van der Waals surface area contributed by atoms with Crippen molar-refractivity contribution in [2.24, 2.45) is 0 Å². The van der Waals surface area contributed by atoms with Crippen molar-refractivity contribution in [2.45, 2.75) is 13.5 Å². The molecule has 0 fully saturated rings. The van der Waals surface area contributed by atoms with Crippen LogP contribution < -0.4 is 0 Å². The van der Waals surface area contributed by atoms with E-state index in [-0.39, 0.29) is 17.7 Å². The Bertz CT molecular complexity index is 841. The van der Waals surface area contributed by atoms with Gasteiger partial charge in [0.25, 0.3) is 11.6 Å². The van der Waals surface area contributed by atoms with Crippen LogP contribution in [0.25, 0.3) is 0 Å². The molecule has 0 saturated heterocycles. The van der Waals surface area contributed by atoms with Gasteiger partial charge in [-0.25, -0.2) is 4.39 Å². The van der Waals surface area contributed by atoms with Gasteiger partial charge in [0.2, 0.25) is 0 Å². The number of nitrogens with zero attached hydrogens (tertiary/aromatic N) is 3. The van der Waals surface area contributed by atoms with Crippen LogP contribution in [0.1, 0.15) is 21.5 Å². The van der Waals surface area contributed by atoms with Gasteiger partial charge in [-0.1, -0.05) is 23.7 Å². The van der Waals surface area contributed by atoms with Gasteiger partial charge in [-0.05, 0) is 44.8 Å². The Kier molecular flexibility index (Phi) is 6.87. The fourth-order valence-corrected chi connectivity index (χ4v) is 2.67. The molecule has 0 N–H and O–H groups in total. The Hall–Kier alpha value is -2.51. The normalized spacial score (nSPS) is 10.9. The molecule has 0 saturated carbocycles. The zero-order chi connectivity index (χ0) is 20.1. The molecular formula is C19H21ClFN3O3. The highest BCUT2D eigenvalue weighted by Crippen LogP contribution is 2.24. The summed E-state index contributed by atoms with van der Waals surface area (Å²) in [6.07, 6.45) is 0. The molecule has 2 aromatic carbocycles. The van der Waals surface area contributed by atoms with Crippen molar-refractivity contribution in [1.82, 2.24) is 9.80 Å². The van der Waals surface area contributed by atoms with Gasteiger partial charge in [-0.2, -0.15) is 0 Å². The predicted octanol–water partition coefficient (Wildman–Crippen LogP) is 3.90. The number of nitro benzene ring substituents is 1. The molecule has 0 unspecified atom stereocenters. The second-order valence-electron chi connectivity index (χ2n) is 6.52. The van der Waals surface area contributed by atoms with Crippen LogP contribution >= 0.6 is 11.6 Å². The van der Waals surface area contributed by atoms with Crippen LogP contribution in [0, 0.1) is 22.9 Å². The lowest BCUT2D eigenvalue weighted by Gasteiger charge is -2.25. The zero-order valence-corrected chi connectivity index (χ0v) is 16.2. The lowest BCUT2D eigenvalue weighted by Crippen LogP contribution is -2.36. The number of nitro groups is 1. The second-order valence-corrected chi connectivity index (χ2v) is 6.95. The van der Waals surface area contributed by atoms with Gasteiger partial charge < -0.3 is 9.80 Å². The number of hydrogen-bond donors (Lipinski definition) is 0. The average molecular weight is 394 g/mol. The minimum absolute atomic E-state index is 0.0440. The van der Waals surface area contributed by atoms with Crippen LogP contribution in [0.15, 0.2) is 36.4 Å². The van der Waals surface area contributed by atoms with Gasteiger partial charge in [-0.3, -0.25) is 14.9 Å². The first kappa shape index (κ1) is 20.8. The summed E-state index contributed by atoms with van der Waals surface area (Å²) in [6.45, 7) is 2.58. The highest BCUT2D eigenvalue weighted by atomic mass is 35.5. The number of carbonyl (C=O) groups excluding carboxylic acids is 1. The van der Waals surface area contributed by atoms with E-state index in [1.165, 1.54) is 11.8 Å². The van der Waals surface area contributed by atoms with Crippen LogP contribution in [0.3, 0.4) is 0 Å². The molecule has 27 heavy (non-hydrogen) atoms. The third kappa shape index (κ3) is 5.48. The highest BCUT2D eigenvalue weighted by Gasteiger charge is 2.23. The zero-order valence-electron chi connectivity index (χ0n) is 15.4. The molecule has 6 nitrogen and oxygen atoms in total. The fraction of sp³-hybridized carbons (Fsp3) is 0.316. The van der Waals surface area contributed by atoms with Gasteiger partial charge in [0.05, 0.1) is 10.5 Å². The van der Waals surface area contributed by atoms with E-state index in [9.17, 15) is 19.3 Å².